The number of benzene rings is 1. The van der Waals surface area contributed by atoms with Crippen molar-refractivity contribution >= 4 is 17.7 Å². The third-order valence-corrected chi connectivity index (χ3v) is 4.39. The summed E-state index contributed by atoms with van der Waals surface area (Å²) in [5.41, 5.74) is 5.71. The van der Waals surface area contributed by atoms with Crippen LogP contribution in [0.1, 0.15) is 51.0 Å². The van der Waals surface area contributed by atoms with Crippen LogP contribution in [0.25, 0.3) is 0 Å². The van der Waals surface area contributed by atoms with E-state index in [9.17, 15) is 18.8 Å². The fourth-order valence-electron chi connectivity index (χ4n) is 2.89. The molecule has 28 heavy (non-hydrogen) atoms. The van der Waals surface area contributed by atoms with Gasteiger partial charge in [-0.2, -0.15) is 0 Å². The molecule has 154 valence electrons. The molecule has 3 amide bonds. The van der Waals surface area contributed by atoms with Gasteiger partial charge in [0.1, 0.15) is 17.9 Å². The van der Waals surface area contributed by atoms with E-state index in [2.05, 4.69) is 17.2 Å². The average molecular weight is 391 g/mol. The zero-order chi connectivity index (χ0) is 20.9. The van der Waals surface area contributed by atoms with E-state index in [1.54, 1.807) is 18.2 Å². The van der Waals surface area contributed by atoms with Crippen LogP contribution in [0.4, 0.5) is 4.39 Å². The van der Waals surface area contributed by atoms with Gasteiger partial charge in [-0.25, -0.2) is 4.39 Å². The second-order valence-corrected chi connectivity index (χ2v) is 6.79. The van der Waals surface area contributed by atoms with Crippen LogP contribution in [0.15, 0.2) is 36.9 Å². The summed E-state index contributed by atoms with van der Waals surface area (Å²) in [6.07, 6.45) is 6.90. The quantitative estimate of drug-likeness (QED) is 0.355. The predicted molar refractivity (Wildman–Crippen MR) is 107 cm³/mol. The molecule has 2 atom stereocenters. The second-order valence-electron chi connectivity index (χ2n) is 6.79. The van der Waals surface area contributed by atoms with Crippen LogP contribution in [0, 0.1) is 5.82 Å². The van der Waals surface area contributed by atoms with E-state index in [-0.39, 0.29) is 6.42 Å². The Morgan fingerprint density at radius 3 is 2.39 bits per heavy atom. The summed E-state index contributed by atoms with van der Waals surface area (Å²) in [6.45, 7) is 4.95. The SMILES string of the molecule is C=CCCCCCC[C@H](NC(=O)[C@@H](Cc1ccccc1F)NC(C)=O)C(N)=O. The molecule has 0 aromatic heterocycles. The fraction of sp³-hybridized carbons (Fsp3) is 0.476. The number of rotatable bonds is 13. The van der Waals surface area contributed by atoms with Gasteiger partial charge < -0.3 is 16.4 Å². The first-order valence-electron chi connectivity index (χ1n) is 9.56. The number of unbranched alkanes of at least 4 members (excludes halogenated alkanes) is 4. The Balaban J connectivity index is 2.69. The van der Waals surface area contributed by atoms with Gasteiger partial charge in [-0.05, 0) is 30.9 Å². The summed E-state index contributed by atoms with van der Waals surface area (Å²) in [5, 5.41) is 5.11. The molecular formula is C21H30FN3O3. The summed E-state index contributed by atoms with van der Waals surface area (Å²) in [5.74, 6) is -2.08. The summed E-state index contributed by atoms with van der Waals surface area (Å²) in [7, 11) is 0. The maximum atomic E-state index is 13.9. The summed E-state index contributed by atoms with van der Waals surface area (Å²) >= 11 is 0. The van der Waals surface area contributed by atoms with Crippen molar-refractivity contribution in [1.29, 1.82) is 0 Å². The number of nitrogens with one attached hydrogen (secondary N) is 2. The fourth-order valence-corrected chi connectivity index (χ4v) is 2.89. The lowest BCUT2D eigenvalue weighted by Crippen LogP contribution is -2.53. The second kappa shape index (κ2) is 12.6. The van der Waals surface area contributed by atoms with Crippen molar-refractivity contribution in [3.63, 3.8) is 0 Å². The van der Waals surface area contributed by atoms with E-state index in [1.807, 2.05) is 6.08 Å². The Morgan fingerprint density at radius 1 is 1.11 bits per heavy atom. The molecule has 7 heteroatoms. The van der Waals surface area contributed by atoms with Crippen LogP contribution in [-0.4, -0.2) is 29.8 Å². The number of allylic oxidation sites excluding steroid dienone is 1. The topological polar surface area (TPSA) is 101 Å². The van der Waals surface area contributed by atoms with Crippen molar-refractivity contribution in [2.75, 3.05) is 0 Å². The van der Waals surface area contributed by atoms with Crippen molar-refractivity contribution < 1.29 is 18.8 Å². The van der Waals surface area contributed by atoms with Gasteiger partial charge in [0.15, 0.2) is 0 Å². The lowest BCUT2D eigenvalue weighted by atomic mass is 10.0. The van der Waals surface area contributed by atoms with E-state index in [0.29, 0.717) is 12.0 Å². The molecule has 1 aromatic carbocycles. The third-order valence-electron chi connectivity index (χ3n) is 4.39. The van der Waals surface area contributed by atoms with Crippen LogP contribution in [-0.2, 0) is 20.8 Å². The highest BCUT2D eigenvalue weighted by molar-refractivity contribution is 5.91. The Labute approximate surface area is 165 Å². The van der Waals surface area contributed by atoms with Crippen molar-refractivity contribution in [1.82, 2.24) is 10.6 Å². The Kier molecular flexibility index (Phi) is 10.5. The van der Waals surface area contributed by atoms with Gasteiger partial charge in [0.25, 0.3) is 0 Å². The third kappa shape index (κ3) is 8.79. The lowest BCUT2D eigenvalue weighted by molar-refractivity contribution is -0.131. The molecule has 0 aliphatic rings. The molecule has 0 fully saturated rings. The molecule has 0 unspecified atom stereocenters. The van der Waals surface area contributed by atoms with Crippen LogP contribution in [0.5, 0.6) is 0 Å². The number of halogens is 1. The maximum Gasteiger partial charge on any atom is 0.243 e. The highest BCUT2D eigenvalue weighted by Gasteiger charge is 2.25. The molecule has 1 rings (SSSR count). The van der Waals surface area contributed by atoms with Crippen LogP contribution in [0.3, 0.4) is 0 Å². The average Bonchev–Trinajstić information content (AvgIpc) is 2.64. The number of carbonyl (C=O) groups excluding carboxylic acids is 3. The largest absolute Gasteiger partial charge is 0.368 e. The predicted octanol–water partition coefficient (Wildman–Crippen LogP) is 2.37. The highest BCUT2D eigenvalue weighted by Crippen LogP contribution is 2.11. The number of nitrogens with two attached hydrogens (primary N) is 1. The van der Waals surface area contributed by atoms with Gasteiger partial charge in [-0.15, -0.1) is 6.58 Å². The molecule has 0 radical (unpaired) electrons. The summed E-state index contributed by atoms with van der Waals surface area (Å²) in [4.78, 5) is 35.8. The van der Waals surface area contributed by atoms with E-state index in [1.165, 1.54) is 13.0 Å². The zero-order valence-electron chi connectivity index (χ0n) is 16.4. The molecule has 1 aromatic rings. The first-order chi connectivity index (χ1) is 13.3. The normalized spacial score (nSPS) is 12.6. The van der Waals surface area contributed by atoms with Gasteiger partial charge in [0.2, 0.25) is 17.7 Å². The first kappa shape index (κ1) is 23.3. The van der Waals surface area contributed by atoms with E-state index >= 15 is 0 Å². The van der Waals surface area contributed by atoms with E-state index in [0.717, 1.165) is 32.1 Å². The number of hydrogen-bond donors (Lipinski definition) is 3. The van der Waals surface area contributed by atoms with Crippen molar-refractivity contribution in [3.05, 3.63) is 48.3 Å². The highest BCUT2D eigenvalue weighted by atomic mass is 19.1. The molecule has 0 spiro atoms. The van der Waals surface area contributed by atoms with Gasteiger partial charge >= 0.3 is 0 Å². The minimum atomic E-state index is -0.996. The summed E-state index contributed by atoms with van der Waals surface area (Å²) < 4.78 is 13.9. The minimum Gasteiger partial charge on any atom is -0.368 e. The standard InChI is InChI=1S/C21H30FN3O3/c1-3-4-5-6-7-8-13-18(20(23)27)25-21(28)19(24-15(2)26)14-16-11-9-10-12-17(16)22/h3,9-12,18-19H,1,4-8,13-14H2,2H3,(H2,23,27)(H,24,26)(H,25,28)/t18-,19+/m0/s1. The van der Waals surface area contributed by atoms with Crippen molar-refractivity contribution in [2.45, 2.75) is 64.0 Å². The Morgan fingerprint density at radius 2 is 1.79 bits per heavy atom. The molecule has 0 bridgehead atoms. The number of primary amides is 1. The molecule has 0 saturated heterocycles. The maximum absolute atomic E-state index is 13.9. The molecule has 0 aliphatic carbocycles. The molecular weight excluding hydrogens is 361 g/mol. The number of carbonyl (C=O) groups is 3. The van der Waals surface area contributed by atoms with Gasteiger partial charge in [0.05, 0.1) is 0 Å². The molecule has 4 N–H and O–H groups in total. The minimum absolute atomic E-state index is 0.0227. The summed E-state index contributed by atoms with van der Waals surface area (Å²) in [6, 6.07) is 4.21. The monoisotopic (exact) mass is 391 g/mol. The zero-order valence-corrected chi connectivity index (χ0v) is 16.4. The molecule has 6 nitrogen and oxygen atoms in total. The van der Waals surface area contributed by atoms with E-state index < -0.39 is 35.6 Å². The molecule has 0 saturated carbocycles. The van der Waals surface area contributed by atoms with Crippen LogP contribution >= 0.6 is 0 Å². The van der Waals surface area contributed by atoms with Crippen LogP contribution in [0.2, 0.25) is 0 Å². The van der Waals surface area contributed by atoms with Crippen molar-refractivity contribution in [3.8, 4) is 0 Å². The number of hydrogen-bond acceptors (Lipinski definition) is 3. The smallest absolute Gasteiger partial charge is 0.243 e. The van der Waals surface area contributed by atoms with Gasteiger partial charge in [-0.1, -0.05) is 43.5 Å². The van der Waals surface area contributed by atoms with Crippen LogP contribution < -0.4 is 16.4 Å². The molecule has 0 aliphatic heterocycles. The first-order valence-corrected chi connectivity index (χ1v) is 9.56. The Bertz CT molecular complexity index is 679. The molecule has 0 heterocycles. The Hall–Kier alpha value is -2.70. The van der Waals surface area contributed by atoms with E-state index in [4.69, 9.17) is 5.73 Å². The number of amides is 3. The van der Waals surface area contributed by atoms with Gasteiger partial charge in [-0.3, -0.25) is 14.4 Å². The van der Waals surface area contributed by atoms with Crippen molar-refractivity contribution in [2.24, 2.45) is 5.73 Å². The lowest BCUT2D eigenvalue weighted by Gasteiger charge is -2.22. The van der Waals surface area contributed by atoms with Gasteiger partial charge in [0, 0.05) is 13.3 Å².